The molecular formula is C12H16BrN3O2. The molecule has 5 nitrogen and oxygen atoms in total. The predicted octanol–water partition coefficient (Wildman–Crippen LogP) is 1.32. The van der Waals surface area contributed by atoms with Crippen molar-refractivity contribution < 1.29 is 9.90 Å². The number of aromatic nitrogens is 1. The van der Waals surface area contributed by atoms with Gasteiger partial charge in [-0.15, -0.1) is 0 Å². The molecule has 18 heavy (non-hydrogen) atoms. The number of hydrogen-bond donors (Lipinski definition) is 3. The van der Waals surface area contributed by atoms with Crippen LogP contribution in [0.1, 0.15) is 29.6 Å². The molecule has 1 heterocycles. The normalized spacial score (nSPS) is 16.3. The van der Waals surface area contributed by atoms with E-state index >= 15 is 0 Å². The summed E-state index contributed by atoms with van der Waals surface area (Å²) in [7, 11) is 0. The molecule has 1 aromatic rings. The van der Waals surface area contributed by atoms with Gasteiger partial charge in [-0.3, -0.25) is 4.79 Å². The monoisotopic (exact) mass is 313 g/mol. The first kappa shape index (κ1) is 13.3. The molecule has 1 fully saturated rings. The number of hydrogen-bond acceptors (Lipinski definition) is 4. The molecule has 1 saturated carbocycles. The third kappa shape index (κ3) is 3.00. The van der Waals surface area contributed by atoms with Crippen LogP contribution in [-0.2, 0) is 0 Å². The van der Waals surface area contributed by atoms with E-state index in [1.165, 1.54) is 6.20 Å². The van der Waals surface area contributed by atoms with Crippen LogP contribution in [0.15, 0.2) is 16.7 Å². The van der Waals surface area contributed by atoms with Crippen LogP contribution in [-0.4, -0.2) is 29.1 Å². The molecule has 0 saturated heterocycles. The summed E-state index contributed by atoms with van der Waals surface area (Å²) in [6.45, 7) is 0.767. The fraction of sp³-hybridized carbons (Fsp3) is 0.500. The van der Waals surface area contributed by atoms with Crippen LogP contribution in [0.25, 0.3) is 0 Å². The van der Waals surface area contributed by atoms with E-state index in [2.05, 4.69) is 26.2 Å². The number of nitrogen functional groups attached to an aromatic ring is 1. The van der Waals surface area contributed by atoms with Crippen LogP contribution in [0.2, 0.25) is 0 Å². The van der Waals surface area contributed by atoms with Gasteiger partial charge in [-0.1, -0.05) is 0 Å². The number of carbonyl (C=O) groups is 1. The molecule has 4 N–H and O–H groups in total. The van der Waals surface area contributed by atoms with Crippen molar-refractivity contribution >= 4 is 27.7 Å². The van der Waals surface area contributed by atoms with Gasteiger partial charge in [0.1, 0.15) is 5.82 Å². The summed E-state index contributed by atoms with van der Waals surface area (Å²) < 4.78 is 0.626. The molecule has 0 atom stereocenters. The van der Waals surface area contributed by atoms with Gasteiger partial charge in [0, 0.05) is 23.8 Å². The second-order valence-electron chi connectivity index (χ2n) is 4.75. The van der Waals surface area contributed by atoms with Gasteiger partial charge in [-0.25, -0.2) is 4.98 Å². The van der Waals surface area contributed by atoms with Gasteiger partial charge < -0.3 is 16.2 Å². The fourth-order valence-electron chi connectivity index (χ4n) is 1.92. The molecule has 0 unspecified atom stereocenters. The highest BCUT2D eigenvalue weighted by atomic mass is 79.9. The number of nitrogens with zero attached hydrogens (tertiary/aromatic N) is 1. The first-order chi connectivity index (χ1) is 8.56. The third-order valence-corrected chi connectivity index (χ3v) is 3.98. The Morgan fingerprint density at radius 1 is 1.61 bits per heavy atom. The van der Waals surface area contributed by atoms with Crippen molar-refractivity contribution in [3.8, 4) is 0 Å². The minimum Gasteiger partial charge on any atom is -0.396 e. The highest BCUT2D eigenvalue weighted by Gasteiger charge is 2.41. The minimum atomic E-state index is -0.166. The molecule has 0 bridgehead atoms. The molecule has 0 radical (unpaired) electrons. The highest BCUT2D eigenvalue weighted by molar-refractivity contribution is 9.10. The number of nitrogens with two attached hydrogens (primary N) is 1. The van der Waals surface area contributed by atoms with Gasteiger partial charge in [-0.05, 0) is 46.7 Å². The third-order valence-electron chi connectivity index (χ3n) is 3.34. The zero-order chi connectivity index (χ0) is 13.2. The number of rotatable bonds is 5. The molecule has 0 aliphatic heterocycles. The van der Waals surface area contributed by atoms with Crippen molar-refractivity contribution in [2.24, 2.45) is 5.41 Å². The molecule has 2 rings (SSSR count). The van der Waals surface area contributed by atoms with Gasteiger partial charge in [0.2, 0.25) is 0 Å². The van der Waals surface area contributed by atoms with Crippen molar-refractivity contribution in [3.63, 3.8) is 0 Å². The summed E-state index contributed by atoms with van der Waals surface area (Å²) in [5, 5.41) is 11.9. The van der Waals surface area contributed by atoms with Crippen molar-refractivity contribution in [2.45, 2.75) is 19.3 Å². The van der Waals surface area contributed by atoms with Crippen molar-refractivity contribution in [1.29, 1.82) is 0 Å². The number of nitrogens with one attached hydrogen (secondary N) is 1. The van der Waals surface area contributed by atoms with Gasteiger partial charge >= 0.3 is 0 Å². The molecule has 6 heteroatoms. The average molecular weight is 314 g/mol. The van der Waals surface area contributed by atoms with Crippen LogP contribution in [0.5, 0.6) is 0 Å². The molecule has 0 spiro atoms. The zero-order valence-corrected chi connectivity index (χ0v) is 11.5. The Balaban J connectivity index is 1.98. The van der Waals surface area contributed by atoms with E-state index in [0.717, 1.165) is 19.3 Å². The fourth-order valence-corrected chi connectivity index (χ4v) is 2.32. The largest absolute Gasteiger partial charge is 0.396 e. The molecule has 1 aliphatic rings. The average Bonchev–Trinajstić information content (AvgIpc) is 3.10. The summed E-state index contributed by atoms with van der Waals surface area (Å²) in [6, 6.07) is 1.55. The van der Waals surface area contributed by atoms with Gasteiger partial charge in [0.15, 0.2) is 0 Å². The van der Waals surface area contributed by atoms with E-state index in [0.29, 0.717) is 22.4 Å². The molecule has 1 amide bonds. The van der Waals surface area contributed by atoms with Crippen LogP contribution in [0, 0.1) is 5.41 Å². The van der Waals surface area contributed by atoms with E-state index in [-0.39, 0.29) is 17.9 Å². The topological polar surface area (TPSA) is 88.2 Å². The van der Waals surface area contributed by atoms with Gasteiger partial charge in [0.05, 0.1) is 5.56 Å². The number of aliphatic hydroxyl groups is 1. The Kier molecular flexibility index (Phi) is 3.87. The van der Waals surface area contributed by atoms with Crippen LogP contribution >= 0.6 is 15.9 Å². The molecule has 0 aromatic carbocycles. The smallest absolute Gasteiger partial charge is 0.252 e. The zero-order valence-electron chi connectivity index (χ0n) is 9.95. The molecule has 1 aliphatic carbocycles. The summed E-state index contributed by atoms with van der Waals surface area (Å²) in [5.74, 6) is 0.153. The maximum Gasteiger partial charge on any atom is 0.252 e. The maximum atomic E-state index is 12.0. The van der Waals surface area contributed by atoms with Crippen LogP contribution < -0.4 is 11.1 Å². The first-order valence-electron chi connectivity index (χ1n) is 5.86. The lowest BCUT2D eigenvalue weighted by Gasteiger charge is -2.15. The van der Waals surface area contributed by atoms with Gasteiger partial charge in [0.25, 0.3) is 5.91 Å². The predicted molar refractivity (Wildman–Crippen MR) is 72.1 cm³/mol. The lowest BCUT2D eigenvalue weighted by molar-refractivity contribution is 0.0940. The number of halogens is 1. The second kappa shape index (κ2) is 5.24. The second-order valence-corrected chi connectivity index (χ2v) is 5.60. The number of aliphatic hydroxyl groups excluding tert-OH is 1. The van der Waals surface area contributed by atoms with E-state index < -0.39 is 0 Å². The Bertz CT molecular complexity index is 461. The lowest BCUT2D eigenvalue weighted by Crippen LogP contribution is -2.31. The van der Waals surface area contributed by atoms with E-state index in [4.69, 9.17) is 10.8 Å². The van der Waals surface area contributed by atoms with Gasteiger partial charge in [-0.2, -0.15) is 0 Å². The maximum absolute atomic E-state index is 12.0. The van der Waals surface area contributed by atoms with Crippen molar-refractivity contribution in [2.75, 3.05) is 18.9 Å². The Hall–Kier alpha value is -1.14. The summed E-state index contributed by atoms with van der Waals surface area (Å²) in [4.78, 5) is 15.9. The Labute approximate surface area is 114 Å². The molecular weight excluding hydrogens is 298 g/mol. The highest BCUT2D eigenvalue weighted by Crippen LogP contribution is 2.47. The molecule has 1 aromatic heterocycles. The SMILES string of the molecule is Nc1cc(C(=O)NCC2(CCO)CC2)c(Br)cn1. The summed E-state index contributed by atoms with van der Waals surface area (Å²) in [5.41, 5.74) is 6.16. The van der Waals surface area contributed by atoms with E-state index in [9.17, 15) is 4.79 Å². The van der Waals surface area contributed by atoms with Crippen LogP contribution in [0.4, 0.5) is 5.82 Å². The minimum absolute atomic E-state index is 0.107. The number of pyridine rings is 1. The summed E-state index contributed by atoms with van der Waals surface area (Å²) in [6.07, 6.45) is 4.39. The van der Waals surface area contributed by atoms with E-state index in [1.807, 2.05) is 0 Å². The first-order valence-corrected chi connectivity index (χ1v) is 6.66. The number of anilines is 1. The van der Waals surface area contributed by atoms with Crippen LogP contribution in [0.3, 0.4) is 0 Å². The number of amides is 1. The quantitative estimate of drug-likeness (QED) is 0.765. The standard InChI is InChI=1S/C12H16BrN3O2/c13-9-6-15-10(14)5-8(9)11(18)16-7-12(1-2-12)3-4-17/h5-6,17H,1-4,7H2,(H2,14,15)(H,16,18). The Morgan fingerprint density at radius 2 is 2.33 bits per heavy atom. The van der Waals surface area contributed by atoms with E-state index in [1.54, 1.807) is 6.07 Å². The summed E-state index contributed by atoms with van der Waals surface area (Å²) >= 11 is 3.28. The number of carbonyl (C=O) groups excluding carboxylic acids is 1. The Morgan fingerprint density at radius 3 is 2.94 bits per heavy atom. The van der Waals surface area contributed by atoms with Crippen molar-refractivity contribution in [1.82, 2.24) is 10.3 Å². The van der Waals surface area contributed by atoms with Crippen molar-refractivity contribution in [3.05, 3.63) is 22.3 Å². The lowest BCUT2D eigenvalue weighted by atomic mass is 10.0. The molecule has 98 valence electrons.